The molecule has 236 valence electrons. The second kappa shape index (κ2) is 10.9. The minimum atomic E-state index is -1.14. The molecule has 0 radical (unpaired) electrons. The molecule has 0 spiro atoms. The Balaban J connectivity index is 1.41. The molecule has 1 nitrogen and oxygen atoms in total. The number of fused-ring (bicyclic) bond motifs is 9. The number of hydrogen-bond acceptors (Lipinski definition) is 1. The van der Waals surface area contributed by atoms with Crippen molar-refractivity contribution in [2.24, 2.45) is 0 Å². The molecule has 1 aromatic heterocycles. The van der Waals surface area contributed by atoms with Crippen molar-refractivity contribution in [1.82, 2.24) is 0 Å². The summed E-state index contributed by atoms with van der Waals surface area (Å²) in [6.07, 6.45) is 0. The molecule has 51 heavy (non-hydrogen) atoms. The number of benzene rings is 10. The first kappa shape index (κ1) is 11.7. The van der Waals surface area contributed by atoms with Crippen molar-refractivity contribution in [3.63, 3.8) is 0 Å². The zero-order valence-corrected chi connectivity index (χ0v) is 25.4. The molecule has 0 fully saturated rings. The topological polar surface area (TPSA) is 13.1 Å². The highest BCUT2D eigenvalue weighted by molar-refractivity contribution is 6.23. The Morgan fingerprint density at radius 3 is 1.49 bits per heavy atom. The van der Waals surface area contributed by atoms with Crippen LogP contribution < -0.4 is 0 Å². The minimum absolute atomic E-state index is 0.466. The molecule has 0 N–H and O–H groups in total. The second-order valence-electron chi connectivity index (χ2n) is 11.3. The highest BCUT2D eigenvalue weighted by atomic mass is 16.3. The predicted octanol–water partition coefficient (Wildman–Crippen LogP) is 14.4. The molecule has 0 atom stereocenters. The van der Waals surface area contributed by atoms with E-state index in [0.717, 1.165) is 0 Å². The molecule has 11 aromatic rings. The summed E-state index contributed by atoms with van der Waals surface area (Å²) in [6.45, 7) is 0. The third-order valence-electron chi connectivity index (χ3n) is 8.51. The summed E-state index contributed by atoms with van der Waals surface area (Å²) in [5, 5.41) is -7.75. The van der Waals surface area contributed by atoms with Gasteiger partial charge in [0, 0.05) is 10.8 Å². The van der Waals surface area contributed by atoms with Crippen LogP contribution >= 0.6 is 0 Å². The van der Waals surface area contributed by atoms with Crippen LogP contribution in [0.4, 0.5) is 0 Å². The smallest absolute Gasteiger partial charge is 0.136 e. The normalized spacial score (nSPS) is 20.2. The van der Waals surface area contributed by atoms with Crippen LogP contribution in [0.15, 0.2) is 186 Å². The fraction of sp³-hybridized carbons (Fsp3) is 0. The zero-order chi connectivity index (χ0) is 59.6. The molecular weight excluding hydrogens is 617 g/mol. The van der Waals surface area contributed by atoms with E-state index >= 15 is 0 Å². The number of rotatable bonds is 3. The summed E-state index contributed by atoms with van der Waals surface area (Å²) in [4.78, 5) is 0. The lowest BCUT2D eigenvalue weighted by molar-refractivity contribution is 0.669. The summed E-state index contributed by atoms with van der Waals surface area (Å²) in [6, 6.07) is -28.3. The molecule has 0 unspecified atom stereocenters. The van der Waals surface area contributed by atoms with E-state index in [4.69, 9.17) is 27.7 Å². The largest absolute Gasteiger partial charge is 0.456 e. The summed E-state index contributed by atoms with van der Waals surface area (Å²) in [5.41, 5.74) is -6.28. The molecule has 0 amide bonds. The Hall–Kier alpha value is -6.70. The van der Waals surface area contributed by atoms with Crippen molar-refractivity contribution in [2.75, 3.05) is 0 Å². The Labute approximate surface area is 336 Å². The first-order chi connectivity index (χ1) is 37.8. The Bertz CT molecular complexity index is 4850. The number of hydrogen-bond donors (Lipinski definition) is 0. The summed E-state index contributed by atoms with van der Waals surface area (Å²) >= 11 is 0. The first-order valence-electron chi connectivity index (χ1n) is 30.2. The van der Waals surface area contributed by atoms with E-state index in [2.05, 4.69) is 0 Å². The van der Waals surface area contributed by atoms with Crippen LogP contribution in [0.5, 0.6) is 0 Å². The van der Waals surface area contributed by atoms with Gasteiger partial charge in [0.25, 0.3) is 0 Å². The fourth-order valence-corrected chi connectivity index (χ4v) is 6.36. The lowest BCUT2D eigenvalue weighted by atomic mass is 9.85. The summed E-state index contributed by atoms with van der Waals surface area (Å²) in [5.74, 6) is 0. The average Bonchev–Trinajstić information content (AvgIpc) is 2.46. The van der Waals surface area contributed by atoms with Crippen molar-refractivity contribution in [2.45, 2.75) is 0 Å². The van der Waals surface area contributed by atoms with Gasteiger partial charge in [0.15, 0.2) is 0 Å². The lowest BCUT2D eigenvalue weighted by Crippen LogP contribution is -1.91. The van der Waals surface area contributed by atoms with Gasteiger partial charge >= 0.3 is 0 Å². The van der Waals surface area contributed by atoms with Gasteiger partial charge in [-0.05, 0) is 123 Å². The molecule has 0 saturated heterocycles. The fourth-order valence-electron chi connectivity index (χ4n) is 6.36. The van der Waals surface area contributed by atoms with Gasteiger partial charge in [-0.15, -0.1) is 0 Å². The third kappa shape index (κ3) is 4.28. The van der Waals surface area contributed by atoms with Gasteiger partial charge < -0.3 is 4.42 Å². The van der Waals surface area contributed by atoms with Crippen molar-refractivity contribution in [3.8, 4) is 33.4 Å². The van der Waals surface area contributed by atoms with Gasteiger partial charge in [0.2, 0.25) is 0 Å². The molecule has 0 saturated carbocycles. The first-order valence-corrected chi connectivity index (χ1v) is 15.2. The van der Waals surface area contributed by atoms with Gasteiger partial charge in [-0.2, -0.15) is 0 Å². The second-order valence-corrected chi connectivity index (χ2v) is 11.3. The SMILES string of the molecule is [2H]c1c([2H])c(-c2c3c([2H])c([2H])c([2H])c([2H])c3c(-c3c([2H])c([2H])c4oc5c([2H])c6c([2H])c([2H])c([2H])c([2H])c6c([2H])c5c4c3[2H])c3c([2H])c([2H])c([2H])c([2H])c23)c([2H])c(-c2c([2H])c3c([2H])c([2H])c([2H])c([2H])c3c3c([2H])c([2H])c([2H])c([2H])c23)c1[2H]. The van der Waals surface area contributed by atoms with E-state index in [-0.39, 0.29) is 0 Å². The quantitative estimate of drug-likeness (QED) is 0.134. The number of furan rings is 1. The van der Waals surface area contributed by atoms with E-state index in [1.54, 1.807) is 0 Å². The van der Waals surface area contributed by atoms with Gasteiger partial charge in [0.1, 0.15) is 11.2 Å². The van der Waals surface area contributed by atoms with Gasteiger partial charge in [-0.25, -0.2) is 0 Å². The summed E-state index contributed by atoms with van der Waals surface area (Å²) in [7, 11) is 0. The van der Waals surface area contributed by atoms with Crippen molar-refractivity contribution in [3.05, 3.63) is 181 Å². The molecule has 0 aliphatic rings. The third-order valence-corrected chi connectivity index (χ3v) is 8.51. The van der Waals surface area contributed by atoms with Crippen LogP contribution in [0.3, 0.4) is 0 Å². The van der Waals surface area contributed by atoms with Crippen LogP contribution in [0.25, 0.3) is 109 Å². The Morgan fingerprint density at radius 2 is 0.804 bits per heavy atom. The van der Waals surface area contributed by atoms with E-state index in [1.807, 2.05) is 0 Å². The van der Waals surface area contributed by atoms with Gasteiger partial charge in [-0.3, -0.25) is 0 Å². The maximum absolute atomic E-state index is 10.1. The van der Waals surface area contributed by atoms with Crippen LogP contribution in [0.2, 0.25) is 0 Å². The van der Waals surface area contributed by atoms with Gasteiger partial charge in [0.05, 0.1) is 41.1 Å². The van der Waals surface area contributed by atoms with Crippen LogP contribution in [0.1, 0.15) is 41.1 Å². The summed E-state index contributed by atoms with van der Waals surface area (Å²) < 4.78 is 279. The lowest BCUT2D eigenvalue weighted by Gasteiger charge is -2.18. The molecule has 0 aliphatic heterocycles. The predicted molar refractivity (Wildman–Crippen MR) is 218 cm³/mol. The van der Waals surface area contributed by atoms with Crippen molar-refractivity contribution in [1.29, 1.82) is 0 Å². The highest BCUT2D eigenvalue weighted by Gasteiger charge is 2.19. The van der Waals surface area contributed by atoms with Gasteiger partial charge in [-0.1, -0.05) is 145 Å². The monoisotopic (exact) mass is 676 g/mol. The molecule has 0 aliphatic carbocycles. The zero-order valence-electron chi connectivity index (χ0n) is 55.4. The maximum Gasteiger partial charge on any atom is 0.136 e. The molecular formula is C50H30O. The Morgan fingerprint density at radius 1 is 0.294 bits per heavy atom. The standard InChI is InChI=1S/C50H30O/c1-2-13-32-30-48-46(27-31(32)12-1)45-29-36(24-25-47(45)51-48)50-42-22-9-7-20-40(42)49(41-21-8-10-23-43(41)50)35-16-11-15-33(26-35)44-28-34-14-3-4-17-37(34)38-18-5-6-19-39(38)44/h1-30H/i1D,2D,3D,4D,5D,6D,7D,8D,9D,10D,11D,12D,13D,14D,15D,16D,17D,18D,19D,20D,21D,22D,23D,24D,25D,26D,27D,28D,29D,30D. The maximum atomic E-state index is 10.1. The van der Waals surface area contributed by atoms with Crippen LogP contribution in [-0.4, -0.2) is 0 Å². The molecule has 0 bridgehead atoms. The van der Waals surface area contributed by atoms with E-state index < -0.39 is 290 Å². The molecule has 10 aromatic carbocycles. The van der Waals surface area contributed by atoms with Crippen molar-refractivity contribution < 1.29 is 45.5 Å². The minimum Gasteiger partial charge on any atom is -0.456 e. The van der Waals surface area contributed by atoms with E-state index in [0.29, 0.717) is 0 Å². The highest BCUT2D eigenvalue weighted by Crippen LogP contribution is 2.46. The Kier molecular flexibility index (Phi) is 2.50. The van der Waals surface area contributed by atoms with E-state index in [1.165, 1.54) is 0 Å². The average molecular weight is 677 g/mol. The van der Waals surface area contributed by atoms with Crippen LogP contribution in [0, 0.1) is 0 Å². The molecule has 11 rings (SSSR count). The van der Waals surface area contributed by atoms with Crippen LogP contribution in [-0.2, 0) is 0 Å². The van der Waals surface area contributed by atoms with Crippen molar-refractivity contribution >= 4 is 75.8 Å². The van der Waals surface area contributed by atoms with E-state index in [9.17, 15) is 17.8 Å². The molecule has 1 heterocycles. The molecule has 1 heteroatoms.